The molecule has 1 N–H and O–H groups in total. The molecule has 0 aliphatic heterocycles. The first-order chi connectivity index (χ1) is 18.9. The van der Waals surface area contributed by atoms with Crippen LogP contribution in [0.25, 0.3) is 17.0 Å². The first-order valence-electron chi connectivity index (χ1n) is 13.3. The van der Waals surface area contributed by atoms with Crippen molar-refractivity contribution in [2.45, 2.75) is 46.1 Å². The summed E-state index contributed by atoms with van der Waals surface area (Å²) in [6, 6.07) is 16.3. The number of nitrogens with zero attached hydrogens (tertiary/aromatic N) is 2. The van der Waals surface area contributed by atoms with Crippen LogP contribution in [0.5, 0.6) is 0 Å². The monoisotopic (exact) mass is 599 g/mol. The van der Waals surface area contributed by atoms with Gasteiger partial charge in [0.2, 0.25) is 0 Å². The highest BCUT2D eigenvalue weighted by Gasteiger charge is 2.17. The summed E-state index contributed by atoms with van der Waals surface area (Å²) in [5.41, 5.74) is 6.36. The van der Waals surface area contributed by atoms with Crippen LogP contribution < -0.4 is 10.2 Å². The number of thiazole rings is 1. The summed E-state index contributed by atoms with van der Waals surface area (Å²) in [5, 5.41) is 8.46. The molecule has 3 nitrogen and oxygen atoms in total. The second-order valence-electron chi connectivity index (χ2n) is 8.97. The Morgan fingerprint density at radius 1 is 1.08 bits per heavy atom. The van der Waals surface area contributed by atoms with Crippen LogP contribution in [-0.4, -0.2) is 18.1 Å². The summed E-state index contributed by atoms with van der Waals surface area (Å²) in [4.78, 5) is 7.29. The standard InChI is InChI=1S/C30H30Cl3N3S.C2H6/c1-3-4-15-34-21(2)24-13-11-22(12-14-24)18-36(19-23-7-5-10-27(32)28(33)16-23)30-35-29(20-37-30)25-8-6-9-26(31)17-25;1-2/h3,6,8-9,11-14,16-17,20,34H,1-2,4-5,7,10,15,18-19H2;1-2H3. The number of hydrogen-bond donors (Lipinski definition) is 1. The molecule has 0 saturated heterocycles. The molecular formula is C32H36Cl3N3S. The van der Waals surface area contributed by atoms with Crippen LogP contribution in [0.3, 0.4) is 0 Å². The summed E-state index contributed by atoms with van der Waals surface area (Å²) in [7, 11) is 0. The number of hydrogen-bond acceptors (Lipinski definition) is 4. The van der Waals surface area contributed by atoms with Crippen LogP contribution in [0, 0.1) is 0 Å². The highest BCUT2D eigenvalue weighted by molar-refractivity contribution is 7.14. The summed E-state index contributed by atoms with van der Waals surface area (Å²) in [6.45, 7) is 14.2. The van der Waals surface area contributed by atoms with Crippen molar-refractivity contribution in [1.29, 1.82) is 0 Å². The summed E-state index contributed by atoms with van der Waals surface area (Å²) < 4.78 is 0. The normalized spacial score (nSPS) is 13.1. The topological polar surface area (TPSA) is 28.2 Å². The lowest BCUT2D eigenvalue weighted by molar-refractivity contribution is 0.768. The maximum absolute atomic E-state index is 6.46. The highest BCUT2D eigenvalue weighted by atomic mass is 35.5. The van der Waals surface area contributed by atoms with Gasteiger partial charge in [0.1, 0.15) is 0 Å². The molecule has 4 rings (SSSR count). The maximum atomic E-state index is 6.46. The fourth-order valence-corrected chi connectivity index (χ4v) is 5.59. The van der Waals surface area contributed by atoms with Gasteiger partial charge in [-0.15, -0.1) is 17.9 Å². The number of allylic oxidation sites excluding steroid dienone is 3. The molecule has 1 aliphatic rings. The third-order valence-electron chi connectivity index (χ3n) is 6.12. The van der Waals surface area contributed by atoms with Gasteiger partial charge in [0.25, 0.3) is 0 Å². The van der Waals surface area contributed by atoms with Crippen molar-refractivity contribution in [3.05, 3.63) is 111 Å². The zero-order chi connectivity index (χ0) is 28.2. The number of benzene rings is 2. The van der Waals surface area contributed by atoms with Crippen LogP contribution in [0.1, 0.15) is 50.7 Å². The van der Waals surface area contributed by atoms with E-state index in [4.69, 9.17) is 39.8 Å². The molecule has 0 amide bonds. The zero-order valence-corrected chi connectivity index (χ0v) is 25.7. The van der Waals surface area contributed by atoms with E-state index in [0.29, 0.717) is 16.6 Å². The van der Waals surface area contributed by atoms with Crippen molar-refractivity contribution in [2.75, 3.05) is 18.0 Å². The summed E-state index contributed by atoms with van der Waals surface area (Å²) >= 11 is 20.7. The van der Waals surface area contributed by atoms with E-state index in [-0.39, 0.29) is 0 Å². The fourth-order valence-electron chi connectivity index (χ4n) is 4.13. The first kappa shape index (κ1) is 31.0. The van der Waals surface area contributed by atoms with Crippen molar-refractivity contribution in [1.82, 2.24) is 10.3 Å². The molecule has 1 aromatic heterocycles. The predicted octanol–water partition coefficient (Wildman–Crippen LogP) is 10.4. The Morgan fingerprint density at radius 3 is 2.56 bits per heavy atom. The Bertz CT molecular complexity index is 1310. The molecule has 0 saturated carbocycles. The molecule has 7 heteroatoms. The van der Waals surface area contributed by atoms with Gasteiger partial charge in [-0.1, -0.05) is 97.7 Å². The average molecular weight is 601 g/mol. The molecule has 0 fully saturated rings. The van der Waals surface area contributed by atoms with E-state index in [1.54, 1.807) is 11.3 Å². The summed E-state index contributed by atoms with van der Waals surface area (Å²) in [5.74, 6) is 0. The van der Waals surface area contributed by atoms with Gasteiger partial charge >= 0.3 is 0 Å². The second kappa shape index (κ2) is 15.9. The van der Waals surface area contributed by atoms with Crippen LogP contribution in [0.4, 0.5) is 5.13 Å². The third-order valence-corrected chi connectivity index (χ3v) is 8.09. The average Bonchev–Trinajstić information content (AvgIpc) is 3.38. The zero-order valence-electron chi connectivity index (χ0n) is 22.7. The van der Waals surface area contributed by atoms with Crippen molar-refractivity contribution < 1.29 is 0 Å². The minimum Gasteiger partial charge on any atom is -0.385 e. The Hall–Kier alpha value is -2.50. The van der Waals surface area contributed by atoms with Gasteiger partial charge in [-0.05, 0) is 60.6 Å². The van der Waals surface area contributed by atoms with E-state index in [0.717, 1.165) is 71.5 Å². The Labute approximate surface area is 252 Å². The van der Waals surface area contributed by atoms with Gasteiger partial charge in [0, 0.05) is 46.3 Å². The van der Waals surface area contributed by atoms with Gasteiger partial charge < -0.3 is 10.2 Å². The van der Waals surface area contributed by atoms with E-state index in [2.05, 4.69) is 53.0 Å². The van der Waals surface area contributed by atoms with Gasteiger partial charge in [-0.2, -0.15) is 0 Å². The molecule has 3 aromatic rings. The molecule has 0 unspecified atom stereocenters. The molecule has 39 heavy (non-hydrogen) atoms. The van der Waals surface area contributed by atoms with Crippen LogP contribution in [0.15, 0.2) is 94.9 Å². The van der Waals surface area contributed by atoms with Crippen LogP contribution >= 0.6 is 46.1 Å². The molecule has 206 valence electrons. The molecule has 1 heterocycles. The molecule has 0 radical (unpaired) electrons. The lowest BCUT2D eigenvalue weighted by atomic mass is 10.1. The summed E-state index contributed by atoms with van der Waals surface area (Å²) in [6.07, 6.45) is 7.56. The number of aromatic nitrogens is 1. The minimum atomic E-state index is 0.639. The number of halogens is 3. The quantitative estimate of drug-likeness (QED) is 0.175. The predicted molar refractivity (Wildman–Crippen MR) is 174 cm³/mol. The first-order valence-corrected chi connectivity index (χ1v) is 15.3. The maximum Gasteiger partial charge on any atom is 0.186 e. The molecule has 1 aliphatic carbocycles. The van der Waals surface area contributed by atoms with Crippen molar-refractivity contribution in [2.24, 2.45) is 0 Å². The lowest BCUT2D eigenvalue weighted by Crippen LogP contribution is -2.25. The van der Waals surface area contributed by atoms with E-state index in [1.165, 1.54) is 11.1 Å². The van der Waals surface area contributed by atoms with E-state index in [9.17, 15) is 0 Å². The van der Waals surface area contributed by atoms with Gasteiger partial charge in [-0.25, -0.2) is 4.98 Å². The van der Waals surface area contributed by atoms with E-state index >= 15 is 0 Å². The van der Waals surface area contributed by atoms with Crippen molar-refractivity contribution in [3.63, 3.8) is 0 Å². The largest absolute Gasteiger partial charge is 0.385 e. The molecule has 0 bridgehead atoms. The number of nitrogens with one attached hydrogen (secondary N) is 1. The van der Waals surface area contributed by atoms with Crippen molar-refractivity contribution >= 4 is 57.0 Å². The Morgan fingerprint density at radius 2 is 1.85 bits per heavy atom. The number of anilines is 1. The van der Waals surface area contributed by atoms with E-state index in [1.807, 2.05) is 50.3 Å². The fraction of sp³-hybridized carbons (Fsp3) is 0.281. The third kappa shape index (κ3) is 9.29. The molecule has 0 atom stereocenters. The highest BCUT2D eigenvalue weighted by Crippen LogP contribution is 2.33. The van der Waals surface area contributed by atoms with E-state index < -0.39 is 0 Å². The minimum absolute atomic E-state index is 0.639. The SMILES string of the molecule is C=CCCNC(=C)c1ccc(CN(CC2=CC(Cl)=C(Cl)CCC2)c2nc(-c3cccc(Cl)c3)cs2)cc1.CC. The van der Waals surface area contributed by atoms with Gasteiger partial charge in [-0.3, -0.25) is 0 Å². The second-order valence-corrected chi connectivity index (χ2v) is 11.1. The Balaban J connectivity index is 0.00000205. The number of rotatable bonds is 11. The molecular weight excluding hydrogens is 565 g/mol. The van der Waals surface area contributed by atoms with Crippen molar-refractivity contribution in [3.8, 4) is 11.3 Å². The lowest BCUT2D eigenvalue weighted by Gasteiger charge is -2.24. The van der Waals surface area contributed by atoms with Gasteiger partial charge in [0.05, 0.1) is 10.7 Å². The molecule has 2 aromatic carbocycles. The van der Waals surface area contributed by atoms with Crippen LogP contribution in [0.2, 0.25) is 5.02 Å². The Kier molecular flexibility index (Phi) is 12.7. The van der Waals surface area contributed by atoms with Gasteiger partial charge in [0.15, 0.2) is 5.13 Å². The molecule has 0 spiro atoms. The van der Waals surface area contributed by atoms with Crippen LogP contribution in [-0.2, 0) is 6.54 Å². The smallest absolute Gasteiger partial charge is 0.186 e.